The van der Waals surface area contributed by atoms with Gasteiger partial charge in [0.15, 0.2) is 0 Å². The minimum Gasteiger partial charge on any atom is -0.487 e. The van der Waals surface area contributed by atoms with Crippen molar-refractivity contribution in [1.82, 2.24) is 10.2 Å². The molecule has 0 saturated carbocycles. The summed E-state index contributed by atoms with van der Waals surface area (Å²) >= 11 is 0. The number of benzene rings is 1. The number of fused-ring (bicyclic) bond motifs is 1. The highest BCUT2D eigenvalue weighted by Gasteiger charge is 2.27. The van der Waals surface area contributed by atoms with E-state index in [9.17, 15) is 9.59 Å². The molecule has 0 spiro atoms. The van der Waals surface area contributed by atoms with E-state index >= 15 is 0 Å². The molecule has 0 aromatic heterocycles. The normalized spacial score (nSPS) is 21.9. The molecule has 3 rings (SSSR count). The fraction of sp³-hybridized carbons (Fsp3) is 0.652. The molecule has 1 aromatic rings. The van der Waals surface area contributed by atoms with Gasteiger partial charge < -0.3 is 19.9 Å². The lowest BCUT2D eigenvalue weighted by molar-refractivity contribution is -0.125. The number of hydrogen-bond donors (Lipinski definition) is 1. The van der Waals surface area contributed by atoms with Gasteiger partial charge >= 0.3 is 0 Å². The third kappa shape index (κ3) is 5.95. The summed E-state index contributed by atoms with van der Waals surface area (Å²) in [5.74, 6) is 0.660. The molecule has 1 saturated heterocycles. The summed E-state index contributed by atoms with van der Waals surface area (Å²) in [7, 11) is 0. The molecule has 2 amide bonds. The minimum atomic E-state index is -0.0515. The Morgan fingerprint density at radius 2 is 2.03 bits per heavy atom. The molecule has 29 heavy (non-hydrogen) atoms. The van der Waals surface area contributed by atoms with E-state index in [0.717, 1.165) is 24.4 Å². The van der Waals surface area contributed by atoms with E-state index in [0.29, 0.717) is 19.1 Å². The van der Waals surface area contributed by atoms with E-state index in [1.807, 2.05) is 31.2 Å². The number of rotatable bonds is 8. The lowest BCUT2D eigenvalue weighted by atomic mass is 10.00. The summed E-state index contributed by atoms with van der Waals surface area (Å²) < 4.78 is 5.79. The van der Waals surface area contributed by atoms with Crippen LogP contribution >= 0.6 is 0 Å². The average molecular weight is 402 g/mol. The third-order valence-corrected chi connectivity index (χ3v) is 5.96. The van der Waals surface area contributed by atoms with Gasteiger partial charge in [-0.15, -0.1) is 0 Å². The van der Waals surface area contributed by atoms with Crippen molar-refractivity contribution in [2.24, 2.45) is 0 Å². The van der Waals surface area contributed by atoms with Crippen molar-refractivity contribution in [2.75, 3.05) is 31.1 Å². The van der Waals surface area contributed by atoms with Crippen LogP contribution in [0.2, 0.25) is 0 Å². The van der Waals surface area contributed by atoms with E-state index < -0.39 is 0 Å². The van der Waals surface area contributed by atoms with Crippen LogP contribution in [0.1, 0.15) is 58.8 Å². The number of ether oxygens (including phenoxy) is 1. The molecule has 0 unspecified atom stereocenters. The van der Waals surface area contributed by atoms with Crippen molar-refractivity contribution in [3.63, 3.8) is 0 Å². The monoisotopic (exact) mass is 401 g/mol. The Kier molecular flexibility index (Phi) is 7.92. The lowest BCUT2D eigenvalue weighted by Crippen LogP contribution is -2.42. The van der Waals surface area contributed by atoms with Crippen LogP contribution in [0.5, 0.6) is 5.75 Å². The van der Waals surface area contributed by atoms with Gasteiger partial charge in [0.05, 0.1) is 12.2 Å². The van der Waals surface area contributed by atoms with Crippen LogP contribution in [0.15, 0.2) is 24.3 Å². The number of likely N-dealkylation sites (tertiary alicyclic amines) is 1. The second kappa shape index (κ2) is 10.6. The molecular formula is C23H35N3O3. The summed E-state index contributed by atoms with van der Waals surface area (Å²) in [5.41, 5.74) is 0.794. The van der Waals surface area contributed by atoms with Gasteiger partial charge in [0.2, 0.25) is 11.8 Å². The van der Waals surface area contributed by atoms with Gasteiger partial charge in [-0.25, -0.2) is 0 Å². The van der Waals surface area contributed by atoms with Crippen molar-refractivity contribution in [3.8, 4) is 5.75 Å². The topological polar surface area (TPSA) is 61.9 Å². The summed E-state index contributed by atoms with van der Waals surface area (Å²) in [4.78, 5) is 29.2. The quantitative estimate of drug-likeness (QED) is 0.679. The highest BCUT2D eigenvalue weighted by atomic mass is 16.5. The largest absolute Gasteiger partial charge is 0.487 e. The lowest BCUT2D eigenvalue weighted by Gasteiger charge is -2.35. The summed E-state index contributed by atoms with van der Waals surface area (Å²) in [5, 5.41) is 2.98. The van der Waals surface area contributed by atoms with Gasteiger partial charge in [-0.05, 0) is 51.3 Å². The zero-order chi connectivity index (χ0) is 20.6. The molecule has 0 bridgehead atoms. The summed E-state index contributed by atoms with van der Waals surface area (Å²) in [6, 6.07) is 8.28. The number of hydrogen-bond acceptors (Lipinski definition) is 4. The molecule has 1 aromatic carbocycles. The van der Waals surface area contributed by atoms with Crippen molar-refractivity contribution in [2.45, 2.75) is 70.9 Å². The highest BCUT2D eigenvalue weighted by molar-refractivity contribution is 5.97. The number of amides is 2. The number of para-hydroxylation sites is 2. The number of nitrogens with zero attached hydrogens (tertiary/aromatic N) is 2. The Morgan fingerprint density at radius 1 is 1.21 bits per heavy atom. The van der Waals surface area contributed by atoms with Crippen molar-refractivity contribution >= 4 is 17.5 Å². The Bertz CT molecular complexity index is 694. The van der Waals surface area contributed by atoms with Crippen molar-refractivity contribution < 1.29 is 14.3 Å². The van der Waals surface area contributed by atoms with Crippen LogP contribution in [0.3, 0.4) is 0 Å². The van der Waals surface area contributed by atoms with Crippen LogP contribution in [0, 0.1) is 0 Å². The molecule has 1 N–H and O–H groups in total. The Balaban J connectivity index is 1.38. The molecule has 2 aliphatic heterocycles. The first-order valence-corrected chi connectivity index (χ1v) is 11.1. The second-order valence-electron chi connectivity index (χ2n) is 8.20. The van der Waals surface area contributed by atoms with E-state index in [4.69, 9.17) is 4.74 Å². The van der Waals surface area contributed by atoms with Crippen molar-refractivity contribution in [3.05, 3.63) is 24.3 Å². The second-order valence-corrected chi connectivity index (χ2v) is 8.20. The van der Waals surface area contributed by atoms with Gasteiger partial charge in [-0.3, -0.25) is 9.59 Å². The van der Waals surface area contributed by atoms with Crippen LogP contribution in [-0.2, 0) is 9.59 Å². The predicted molar refractivity (Wildman–Crippen MR) is 115 cm³/mol. The molecule has 2 atom stereocenters. The summed E-state index contributed by atoms with van der Waals surface area (Å²) in [6.07, 6.45) is 6.49. The van der Waals surface area contributed by atoms with E-state index in [2.05, 4.69) is 17.1 Å². The number of nitrogens with one attached hydrogen (secondary N) is 1. The zero-order valence-electron chi connectivity index (χ0n) is 17.9. The Morgan fingerprint density at radius 3 is 2.86 bits per heavy atom. The van der Waals surface area contributed by atoms with Crippen LogP contribution in [-0.4, -0.2) is 55.0 Å². The van der Waals surface area contributed by atoms with Crippen LogP contribution in [0.4, 0.5) is 5.69 Å². The Labute approximate surface area is 174 Å². The maximum Gasteiger partial charge on any atom is 0.227 e. The Hall–Kier alpha value is -2.08. The van der Waals surface area contributed by atoms with Gasteiger partial charge in [0.1, 0.15) is 11.9 Å². The van der Waals surface area contributed by atoms with Crippen molar-refractivity contribution in [1.29, 1.82) is 0 Å². The summed E-state index contributed by atoms with van der Waals surface area (Å²) in [6.45, 7) is 7.63. The first kappa shape index (κ1) is 21.6. The van der Waals surface area contributed by atoms with E-state index in [1.165, 1.54) is 32.2 Å². The predicted octanol–water partition coefficient (Wildman–Crippen LogP) is 3.35. The van der Waals surface area contributed by atoms with Gasteiger partial charge in [-0.2, -0.15) is 0 Å². The van der Waals surface area contributed by atoms with E-state index in [-0.39, 0.29) is 30.8 Å². The standard InChI is InChI=1S/C23H35N3O3/c1-3-19-9-6-7-15-25(19)16-8-14-24-22(27)12-13-23(28)26-17-18(2)29-21-11-5-4-10-20(21)26/h4-5,10-11,18-19H,3,6-9,12-17H2,1-2H3,(H,24,27)/t18-,19+/m1/s1. The van der Waals surface area contributed by atoms with Gasteiger partial charge in [0.25, 0.3) is 0 Å². The maximum atomic E-state index is 12.7. The first-order chi connectivity index (χ1) is 14.1. The third-order valence-electron chi connectivity index (χ3n) is 5.96. The number of piperidine rings is 1. The molecule has 6 nitrogen and oxygen atoms in total. The number of anilines is 1. The zero-order valence-corrected chi connectivity index (χ0v) is 17.9. The molecule has 1 fully saturated rings. The van der Waals surface area contributed by atoms with Gasteiger partial charge in [0, 0.05) is 32.0 Å². The smallest absolute Gasteiger partial charge is 0.227 e. The first-order valence-electron chi connectivity index (χ1n) is 11.1. The molecule has 2 aliphatic rings. The molecule has 2 heterocycles. The molecular weight excluding hydrogens is 366 g/mol. The molecule has 160 valence electrons. The SMILES string of the molecule is CC[C@H]1CCCCN1CCCNC(=O)CCC(=O)N1C[C@@H](C)Oc2ccccc21. The van der Waals surface area contributed by atoms with Crippen LogP contribution in [0.25, 0.3) is 0 Å². The van der Waals surface area contributed by atoms with Crippen LogP contribution < -0.4 is 15.0 Å². The van der Waals surface area contributed by atoms with Gasteiger partial charge in [-0.1, -0.05) is 25.5 Å². The highest BCUT2D eigenvalue weighted by Crippen LogP contribution is 2.33. The average Bonchev–Trinajstić information content (AvgIpc) is 2.74. The number of carbonyl (C=O) groups excluding carboxylic acids is 2. The molecule has 0 radical (unpaired) electrons. The minimum absolute atomic E-state index is 0.0261. The fourth-order valence-corrected chi connectivity index (χ4v) is 4.40. The fourth-order valence-electron chi connectivity index (χ4n) is 4.40. The maximum absolute atomic E-state index is 12.7. The molecule has 6 heteroatoms. The van der Waals surface area contributed by atoms with E-state index in [1.54, 1.807) is 4.90 Å². The molecule has 0 aliphatic carbocycles. The number of carbonyl (C=O) groups is 2.